The molecule has 0 amide bonds. The van der Waals surface area contributed by atoms with Gasteiger partial charge in [0.05, 0.1) is 7.11 Å². The fraction of sp³-hybridized carbons (Fsp3) is 0.700. The highest BCUT2D eigenvalue weighted by atomic mass is 16.5. The summed E-state index contributed by atoms with van der Waals surface area (Å²) >= 11 is 0. The zero-order chi connectivity index (χ0) is 9.35. The van der Waals surface area contributed by atoms with Crippen LogP contribution in [-0.2, 0) is 9.53 Å². The summed E-state index contributed by atoms with van der Waals surface area (Å²) < 4.78 is 4.56. The third-order valence-electron chi connectivity index (χ3n) is 2.89. The summed E-state index contributed by atoms with van der Waals surface area (Å²) in [6.07, 6.45) is 2.64. The van der Waals surface area contributed by atoms with Gasteiger partial charge in [-0.2, -0.15) is 0 Å². The van der Waals surface area contributed by atoms with E-state index in [2.05, 4.69) is 25.5 Å². The molecule has 0 unspecified atom stereocenters. The number of rotatable bonds is 1. The molecule has 0 aromatic heterocycles. The minimum Gasteiger partial charge on any atom is -0.466 e. The van der Waals surface area contributed by atoms with Crippen molar-refractivity contribution >= 4 is 5.97 Å². The van der Waals surface area contributed by atoms with Crippen molar-refractivity contribution in [1.82, 2.24) is 0 Å². The van der Waals surface area contributed by atoms with Gasteiger partial charge in [0.2, 0.25) is 0 Å². The predicted molar refractivity (Wildman–Crippen MR) is 47.7 cm³/mol. The van der Waals surface area contributed by atoms with E-state index < -0.39 is 0 Å². The molecule has 1 rings (SSSR count). The molecule has 2 heteroatoms. The summed E-state index contributed by atoms with van der Waals surface area (Å²) in [6.45, 7) is 6.58. The molecule has 0 aliphatic heterocycles. The Morgan fingerprint density at radius 1 is 1.67 bits per heavy atom. The molecule has 1 aliphatic rings. The average molecular weight is 168 g/mol. The molecule has 1 atom stereocenters. The largest absolute Gasteiger partial charge is 0.466 e. The Kier molecular flexibility index (Phi) is 2.27. The van der Waals surface area contributed by atoms with Crippen LogP contribution in [0.4, 0.5) is 0 Å². The minimum absolute atomic E-state index is 0.229. The van der Waals surface area contributed by atoms with E-state index in [4.69, 9.17) is 0 Å². The van der Waals surface area contributed by atoms with Crippen molar-refractivity contribution in [3.63, 3.8) is 0 Å². The summed E-state index contributed by atoms with van der Waals surface area (Å²) in [7, 11) is 1.41. The third-order valence-corrected chi connectivity index (χ3v) is 2.89. The highest BCUT2D eigenvalue weighted by Crippen LogP contribution is 2.49. The maximum absolute atomic E-state index is 10.9. The van der Waals surface area contributed by atoms with E-state index in [0.717, 1.165) is 6.42 Å². The van der Waals surface area contributed by atoms with E-state index in [1.165, 1.54) is 12.7 Å². The Balaban J connectivity index is 2.60. The Morgan fingerprint density at radius 3 is 2.58 bits per heavy atom. The van der Waals surface area contributed by atoms with Gasteiger partial charge in [-0.25, -0.2) is 4.79 Å². The lowest BCUT2D eigenvalue weighted by Crippen LogP contribution is -2.35. The molecule has 1 fully saturated rings. The molecule has 0 radical (unpaired) electrons. The van der Waals surface area contributed by atoms with E-state index in [1.807, 2.05) is 0 Å². The first-order valence-corrected chi connectivity index (χ1v) is 4.26. The second-order valence-electron chi connectivity index (χ2n) is 4.13. The van der Waals surface area contributed by atoms with Gasteiger partial charge in [0, 0.05) is 6.08 Å². The molecule has 0 saturated heterocycles. The second-order valence-corrected chi connectivity index (χ2v) is 4.13. The van der Waals surface area contributed by atoms with Crippen LogP contribution in [0.5, 0.6) is 0 Å². The van der Waals surface area contributed by atoms with Crippen LogP contribution in [0.25, 0.3) is 0 Å². The summed E-state index contributed by atoms with van der Waals surface area (Å²) in [5.41, 5.74) is 1.58. The molecule has 1 saturated carbocycles. The highest BCUT2D eigenvalue weighted by molar-refractivity contribution is 5.83. The fourth-order valence-electron chi connectivity index (χ4n) is 1.59. The zero-order valence-electron chi connectivity index (χ0n) is 8.18. The highest BCUT2D eigenvalue weighted by Gasteiger charge is 2.39. The van der Waals surface area contributed by atoms with Gasteiger partial charge in [0.25, 0.3) is 0 Å². The monoisotopic (exact) mass is 168 g/mol. The first-order chi connectivity index (χ1) is 5.47. The summed E-state index contributed by atoms with van der Waals surface area (Å²) in [6, 6.07) is 0. The molecule has 2 nitrogen and oxygen atoms in total. The van der Waals surface area contributed by atoms with Crippen LogP contribution in [0.3, 0.4) is 0 Å². The first-order valence-electron chi connectivity index (χ1n) is 4.26. The van der Waals surface area contributed by atoms with Gasteiger partial charge in [0.15, 0.2) is 0 Å². The molecule has 68 valence electrons. The van der Waals surface area contributed by atoms with Gasteiger partial charge >= 0.3 is 5.97 Å². The maximum Gasteiger partial charge on any atom is 0.330 e. The van der Waals surface area contributed by atoms with Crippen molar-refractivity contribution in [2.45, 2.75) is 27.2 Å². The molecular formula is C10H16O2. The van der Waals surface area contributed by atoms with Gasteiger partial charge in [0.1, 0.15) is 0 Å². The van der Waals surface area contributed by atoms with Gasteiger partial charge in [-0.1, -0.05) is 26.3 Å². The number of carbonyl (C=O) groups excluding carboxylic acids is 1. The number of esters is 1. The van der Waals surface area contributed by atoms with E-state index >= 15 is 0 Å². The van der Waals surface area contributed by atoms with E-state index in [1.54, 1.807) is 6.08 Å². The third kappa shape index (κ3) is 1.52. The lowest BCUT2D eigenvalue weighted by Gasteiger charge is -2.45. The van der Waals surface area contributed by atoms with E-state index in [0.29, 0.717) is 11.3 Å². The zero-order valence-corrected chi connectivity index (χ0v) is 8.18. The standard InChI is InChI=1S/C10H16O2/c1-7-8(5-9(11)12-4)6-10(7,2)3/h5,7H,6H2,1-4H3/b8-5+/t7-/m1/s1. The average Bonchev–Trinajstić information content (AvgIpc) is 2.02. The van der Waals surface area contributed by atoms with Gasteiger partial charge in [-0.3, -0.25) is 0 Å². The molecule has 0 aromatic rings. The molecule has 12 heavy (non-hydrogen) atoms. The smallest absolute Gasteiger partial charge is 0.330 e. The number of hydrogen-bond acceptors (Lipinski definition) is 2. The number of hydrogen-bond donors (Lipinski definition) is 0. The van der Waals surface area contributed by atoms with Gasteiger partial charge < -0.3 is 4.74 Å². The Morgan fingerprint density at radius 2 is 2.25 bits per heavy atom. The maximum atomic E-state index is 10.9. The van der Waals surface area contributed by atoms with Crippen molar-refractivity contribution < 1.29 is 9.53 Å². The molecular weight excluding hydrogens is 152 g/mol. The predicted octanol–water partition coefficient (Wildman–Crippen LogP) is 2.15. The lowest BCUT2D eigenvalue weighted by molar-refractivity contribution is -0.135. The van der Waals surface area contributed by atoms with Crippen LogP contribution in [-0.4, -0.2) is 13.1 Å². The number of ether oxygens (including phenoxy) is 1. The molecule has 0 spiro atoms. The van der Waals surface area contributed by atoms with Gasteiger partial charge in [-0.05, 0) is 17.8 Å². The fourth-order valence-corrected chi connectivity index (χ4v) is 1.59. The summed E-state index contributed by atoms with van der Waals surface area (Å²) in [5, 5.41) is 0. The summed E-state index contributed by atoms with van der Waals surface area (Å²) in [4.78, 5) is 10.9. The quantitative estimate of drug-likeness (QED) is 0.443. The molecule has 0 bridgehead atoms. The number of methoxy groups -OCH3 is 1. The lowest BCUT2D eigenvalue weighted by atomic mass is 9.60. The van der Waals surface area contributed by atoms with Crippen LogP contribution < -0.4 is 0 Å². The topological polar surface area (TPSA) is 26.3 Å². The molecule has 1 aliphatic carbocycles. The van der Waals surface area contributed by atoms with E-state index in [-0.39, 0.29) is 5.97 Å². The Labute approximate surface area is 73.6 Å². The second kappa shape index (κ2) is 2.92. The van der Waals surface area contributed by atoms with E-state index in [9.17, 15) is 4.79 Å². The Bertz CT molecular complexity index is 226. The SMILES string of the molecule is COC(=O)/C=C1\CC(C)(C)[C@@H]1C. The van der Waals surface area contributed by atoms with Crippen molar-refractivity contribution in [1.29, 1.82) is 0 Å². The minimum atomic E-state index is -0.229. The number of carbonyl (C=O) groups is 1. The van der Waals surface area contributed by atoms with Crippen LogP contribution in [0.2, 0.25) is 0 Å². The number of allylic oxidation sites excluding steroid dienone is 1. The van der Waals surface area contributed by atoms with Crippen LogP contribution in [0, 0.1) is 11.3 Å². The van der Waals surface area contributed by atoms with Gasteiger partial charge in [-0.15, -0.1) is 0 Å². The summed E-state index contributed by atoms with van der Waals surface area (Å²) in [5.74, 6) is 0.281. The van der Waals surface area contributed by atoms with Crippen molar-refractivity contribution in [3.8, 4) is 0 Å². The van der Waals surface area contributed by atoms with Crippen LogP contribution in [0.1, 0.15) is 27.2 Å². The van der Waals surface area contributed by atoms with Crippen molar-refractivity contribution in [2.24, 2.45) is 11.3 Å². The molecule has 0 heterocycles. The normalized spacial score (nSPS) is 29.7. The first kappa shape index (κ1) is 9.30. The van der Waals surface area contributed by atoms with Crippen LogP contribution >= 0.6 is 0 Å². The molecule has 0 N–H and O–H groups in total. The van der Waals surface area contributed by atoms with Crippen LogP contribution in [0.15, 0.2) is 11.6 Å². The molecule has 0 aromatic carbocycles. The van der Waals surface area contributed by atoms with Crippen molar-refractivity contribution in [3.05, 3.63) is 11.6 Å². The van der Waals surface area contributed by atoms with Crippen molar-refractivity contribution in [2.75, 3.05) is 7.11 Å². The Hall–Kier alpha value is -0.790.